The Labute approximate surface area is 171 Å². The van der Waals surface area contributed by atoms with Gasteiger partial charge in [-0.15, -0.1) is 0 Å². The van der Waals surface area contributed by atoms with E-state index in [-0.39, 0.29) is 23.3 Å². The Morgan fingerprint density at radius 2 is 1.67 bits per heavy atom. The van der Waals surface area contributed by atoms with Crippen molar-refractivity contribution in [3.63, 3.8) is 0 Å². The fourth-order valence-corrected chi connectivity index (χ4v) is 3.96. The van der Waals surface area contributed by atoms with Gasteiger partial charge in [-0.1, -0.05) is 30.3 Å². The highest BCUT2D eigenvalue weighted by atomic mass is 16.5. The molecule has 1 fully saturated rings. The van der Waals surface area contributed by atoms with Gasteiger partial charge in [-0.2, -0.15) is 0 Å². The number of ketones is 1. The first kappa shape index (κ1) is 20.6. The lowest BCUT2D eigenvalue weighted by Crippen LogP contribution is -2.55. The quantitative estimate of drug-likeness (QED) is 0.413. The number of aliphatic hydroxyl groups is 4. The average molecular weight is 418 g/mol. The van der Waals surface area contributed by atoms with E-state index in [0.29, 0.717) is 5.56 Å². The van der Waals surface area contributed by atoms with E-state index in [2.05, 4.69) is 0 Å². The van der Waals surface area contributed by atoms with Gasteiger partial charge in [-0.3, -0.25) is 4.79 Å². The minimum absolute atomic E-state index is 0.0521. The van der Waals surface area contributed by atoms with Crippen LogP contribution in [0.3, 0.4) is 0 Å². The topological polar surface area (TPSA) is 157 Å². The predicted molar refractivity (Wildman–Crippen MR) is 101 cm³/mol. The first-order valence-corrected chi connectivity index (χ1v) is 9.47. The highest BCUT2D eigenvalue weighted by Gasteiger charge is 2.47. The van der Waals surface area contributed by atoms with Crippen LogP contribution in [-0.2, 0) is 4.74 Å². The normalized spacial score (nSPS) is 31.1. The van der Waals surface area contributed by atoms with Gasteiger partial charge in [0.15, 0.2) is 5.78 Å². The van der Waals surface area contributed by atoms with Crippen molar-refractivity contribution in [3.05, 3.63) is 53.1 Å². The van der Waals surface area contributed by atoms with Gasteiger partial charge in [0.25, 0.3) is 0 Å². The number of rotatable bonds is 3. The minimum atomic E-state index is -1.70. The molecular weight excluding hydrogens is 396 g/mol. The van der Waals surface area contributed by atoms with Gasteiger partial charge in [-0.25, -0.2) is 0 Å². The van der Waals surface area contributed by atoms with Crippen LogP contribution in [0.15, 0.2) is 36.4 Å². The smallest absolute Gasteiger partial charge is 0.174 e. The number of carbonyl (C=O) groups is 1. The van der Waals surface area contributed by atoms with E-state index in [4.69, 9.17) is 9.47 Å². The Balaban J connectivity index is 1.82. The van der Waals surface area contributed by atoms with Gasteiger partial charge >= 0.3 is 0 Å². The fraction of sp³-hybridized carbons (Fsp3) is 0.381. The number of ether oxygens (including phenoxy) is 2. The molecule has 0 amide bonds. The molecule has 0 bridgehead atoms. The Kier molecular flexibility index (Phi) is 5.39. The van der Waals surface area contributed by atoms with E-state index in [1.165, 1.54) is 0 Å². The van der Waals surface area contributed by atoms with Gasteiger partial charge in [0.1, 0.15) is 59.4 Å². The van der Waals surface area contributed by atoms with Crippen LogP contribution >= 0.6 is 0 Å². The third-order valence-electron chi connectivity index (χ3n) is 5.54. The maximum absolute atomic E-state index is 12.8. The Morgan fingerprint density at radius 1 is 0.967 bits per heavy atom. The monoisotopic (exact) mass is 418 g/mol. The summed E-state index contributed by atoms with van der Waals surface area (Å²) >= 11 is 0. The summed E-state index contributed by atoms with van der Waals surface area (Å²) in [5, 5.41) is 60.9. The van der Waals surface area contributed by atoms with Crippen LogP contribution in [0.2, 0.25) is 0 Å². The van der Waals surface area contributed by atoms with E-state index >= 15 is 0 Å². The van der Waals surface area contributed by atoms with Crippen molar-refractivity contribution < 1.29 is 44.9 Å². The summed E-state index contributed by atoms with van der Waals surface area (Å²) in [6.07, 6.45) is -8.39. The number of phenolic OH excluding ortho intramolecular Hbond substituents is 2. The number of hydrogen-bond acceptors (Lipinski definition) is 9. The van der Waals surface area contributed by atoms with Crippen LogP contribution in [0, 0.1) is 0 Å². The Bertz CT molecular complexity index is 943. The fourth-order valence-electron chi connectivity index (χ4n) is 3.96. The molecule has 0 aromatic heterocycles. The predicted octanol–water partition coefficient (Wildman–Crippen LogP) is 0.319. The molecule has 9 heteroatoms. The third-order valence-corrected chi connectivity index (χ3v) is 5.54. The number of hydrogen-bond donors (Lipinski definition) is 6. The summed E-state index contributed by atoms with van der Waals surface area (Å²) < 4.78 is 11.5. The van der Waals surface area contributed by atoms with Crippen molar-refractivity contribution in [3.8, 4) is 17.2 Å². The lowest BCUT2D eigenvalue weighted by atomic mass is 9.87. The SMILES string of the molecule is O=C1CC(c2ccccc2)Oc2c1c(O)cc(O)c2[C@@H]1O[C@H](CO)[C@@H](O)[C@H](O)[C@H]1O. The second-order valence-electron chi connectivity index (χ2n) is 7.43. The standard InChI is InChI=1S/C21H22O9/c22-8-14-17(26)18(27)19(28)21(30-14)16-11(24)6-10(23)15-12(25)7-13(29-20(15)16)9-4-2-1-3-5-9/h1-6,13-14,17-19,21-24,26-28H,7-8H2/t13?,14-,17-,18+,19-,21+/m1/s1. The molecule has 0 aliphatic carbocycles. The van der Waals surface area contributed by atoms with Gasteiger partial charge in [-0.05, 0) is 5.56 Å². The second kappa shape index (κ2) is 7.86. The van der Waals surface area contributed by atoms with Crippen LogP contribution in [0.25, 0.3) is 0 Å². The molecule has 1 saturated heterocycles. The molecule has 2 aliphatic rings. The first-order chi connectivity index (χ1) is 14.3. The zero-order chi connectivity index (χ0) is 21.6. The molecule has 1 unspecified atom stereocenters. The lowest BCUT2D eigenvalue weighted by molar-refractivity contribution is -0.232. The van der Waals surface area contributed by atoms with Crippen molar-refractivity contribution >= 4 is 5.78 Å². The number of phenols is 2. The van der Waals surface area contributed by atoms with Gasteiger partial charge in [0.2, 0.25) is 0 Å². The molecule has 0 spiro atoms. The lowest BCUT2D eigenvalue weighted by Gasteiger charge is -2.41. The van der Waals surface area contributed by atoms with Crippen molar-refractivity contribution in [2.24, 2.45) is 0 Å². The molecule has 2 aromatic rings. The molecule has 30 heavy (non-hydrogen) atoms. The van der Waals surface area contributed by atoms with Crippen LogP contribution < -0.4 is 4.74 Å². The molecule has 4 rings (SSSR count). The maximum Gasteiger partial charge on any atom is 0.174 e. The van der Waals surface area contributed by atoms with Crippen molar-refractivity contribution in [2.45, 2.75) is 43.0 Å². The van der Waals surface area contributed by atoms with Crippen LogP contribution in [-0.4, -0.2) is 67.4 Å². The summed E-state index contributed by atoms with van der Waals surface area (Å²) in [4.78, 5) is 12.8. The molecule has 0 saturated carbocycles. The number of aromatic hydroxyl groups is 2. The van der Waals surface area contributed by atoms with E-state index < -0.39 is 60.5 Å². The number of carbonyl (C=O) groups excluding carboxylic acids is 1. The molecule has 6 N–H and O–H groups in total. The van der Waals surface area contributed by atoms with Gasteiger partial charge in [0.05, 0.1) is 18.6 Å². The molecule has 6 atom stereocenters. The Hall–Kier alpha value is -2.69. The largest absolute Gasteiger partial charge is 0.507 e. The van der Waals surface area contributed by atoms with Crippen LogP contribution in [0.1, 0.15) is 40.1 Å². The molecule has 0 radical (unpaired) electrons. The molecule has 2 heterocycles. The van der Waals surface area contributed by atoms with E-state index in [1.807, 2.05) is 0 Å². The summed E-state index contributed by atoms with van der Waals surface area (Å²) in [6.45, 7) is -0.658. The molecule has 2 aromatic carbocycles. The number of Topliss-reactive ketones (excluding diaryl/α,β-unsaturated/α-hetero) is 1. The summed E-state index contributed by atoms with van der Waals surface area (Å²) in [6, 6.07) is 9.81. The zero-order valence-electron chi connectivity index (χ0n) is 15.8. The van der Waals surface area contributed by atoms with Crippen LogP contribution in [0.5, 0.6) is 17.2 Å². The zero-order valence-corrected chi connectivity index (χ0v) is 15.8. The number of fused-ring (bicyclic) bond motifs is 1. The Morgan fingerprint density at radius 3 is 2.33 bits per heavy atom. The van der Waals surface area contributed by atoms with E-state index in [0.717, 1.165) is 6.07 Å². The first-order valence-electron chi connectivity index (χ1n) is 9.47. The summed E-state index contributed by atoms with van der Waals surface area (Å²) in [7, 11) is 0. The molecular formula is C21H22O9. The van der Waals surface area contributed by atoms with Crippen molar-refractivity contribution in [1.82, 2.24) is 0 Å². The highest BCUT2D eigenvalue weighted by molar-refractivity contribution is 6.03. The number of benzene rings is 2. The van der Waals surface area contributed by atoms with Crippen molar-refractivity contribution in [2.75, 3.05) is 6.61 Å². The maximum atomic E-state index is 12.8. The number of aliphatic hydroxyl groups excluding tert-OH is 4. The molecule has 9 nitrogen and oxygen atoms in total. The third kappa shape index (κ3) is 3.30. The van der Waals surface area contributed by atoms with Crippen LogP contribution in [0.4, 0.5) is 0 Å². The van der Waals surface area contributed by atoms with Crippen molar-refractivity contribution in [1.29, 1.82) is 0 Å². The summed E-state index contributed by atoms with van der Waals surface area (Å²) in [5.41, 5.74) is 0.361. The summed E-state index contributed by atoms with van der Waals surface area (Å²) in [5.74, 6) is -1.64. The average Bonchev–Trinajstić information content (AvgIpc) is 2.73. The van der Waals surface area contributed by atoms with Gasteiger partial charge in [0, 0.05) is 6.07 Å². The second-order valence-corrected chi connectivity index (χ2v) is 7.43. The minimum Gasteiger partial charge on any atom is -0.507 e. The highest BCUT2D eigenvalue weighted by Crippen LogP contribution is 2.50. The van der Waals surface area contributed by atoms with E-state index in [9.17, 15) is 35.4 Å². The molecule has 160 valence electrons. The van der Waals surface area contributed by atoms with E-state index in [1.54, 1.807) is 30.3 Å². The molecule has 2 aliphatic heterocycles. The van der Waals surface area contributed by atoms with Gasteiger partial charge < -0.3 is 40.1 Å².